The molecule has 1 aliphatic carbocycles. The van der Waals surface area contributed by atoms with Gasteiger partial charge in [0.25, 0.3) is 0 Å². The number of fused-ring (bicyclic) bond motifs is 4. The van der Waals surface area contributed by atoms with Crippen LogP contribution in [0.2, 0.25) is 0 Å². The zero-order valence-corrected chi connectivity index (χ0v) is 19.6. The number of carbonyl (C=O) groups is 1. The van der Waals surface area contributed by atoms with E-state index in [9.17, 15) is 4.79 Å². The number of benzene rings is 3. The second-order valence-corrected chi connectivity index (χ2v) is 9.51. The SMILES string of the molecule is Cc1cc(OCc2cnnn2-c2ccc3ccccc3c2)c(C)c2c1CC[C@H]1[C@H](C)C(=O)O[C@@H]21. The number of esters is 1. The number of aryl methyl sites for hydroxylation is 1. The lowest BCUT2D eigenvalue weighted by Crippen LogP contribution is -2.22. The highest BCUT2D eigenvalue weighted by molar-refractivity contribution is 5.84. The third-order valence-electron chi connectivity index (χ3n) is 7.55. The van der Waals surface area contributed by atoms with Crippen LogP contribution in [0.15, 0.2) is 54.7 Å². The summed E-state index contributed by atoms with van der Waals surface area (Å²) in [6.07, 6.45) is 3.54. The molecule has 2 aliphatic rings. The van der Waals surface area contributed by atoms with Crippen LogP contribution in [0.5, 0.6) is 5.75 Å². The molecule has 6 nitrogen and oxygen atoms in total. The first-order chi connectivity index (χ1) is 16.5. The summed E-state index contributed by atoms with van der Waals surface area (Å²) in [7, 11) is 0. The summed E-state index contributed by atoms with van der Waals surface area (Å²) in [4.78, 5) is 12.3. The smallest absolute Gasteiger partial charge is 0.309 e. The van der Waals surface area contributed by atoms with Crippen LogP contribution in [0.3, 0.4) is 0 Å². The van der Waals surface area contributed by atoms with Gasteiger partial charge in [0.2, 0.25) is 0 Å². The molecule has 1 aliphatic heterocycles. The number of ether oxygens (including phenoxy) is 2. The van der Waals surface area contributed by atoms with Crippen LogP contribution in [0.4, 0.5) is 0 Å². The molecule has 2 heterocycles. The fourth-order valence-corrected chi connectivity index (χ4v) is 5.60. The highest BCUT2D eigenvalue weighted by atomic mass is 16.6. The van der Waals surface area contributed by atoms with Crippen molar-refractivity contribution in [3.8, 4) is 11.4 Å². The fourth-order valence-electron chi connectivity index (χ4n) is 5.60. The van der Waals surface area contributed by atoms with Gasteiger partial charge in [-0.3, -0.25) is 4.79 Å². The predicted molar refractivity (Wildman–Crippen MR) is 129 cm³/mol. The van der Waals surface area contributed by atoms with Gasteiger partial charge < -0.3 is 9.47 Å². The van der Waals surface area contributed by atoms with Crippen molar-refractivity contribution in [2.24, 2.45) is 11.8 Å². The molecule has 0 amide bonds. The first-order valence-corrected chi connectivity index (χ1v) is 11.9. The summed E-state index contributed by atoms with van der Waals surface area (Å²) < 4.78 is 14.0. The summed E-state index contributed by atoms with van der Waals surface area (Å²) in [5, 5.41) is 10.8. The van der Waals surface area contributed by atoms with Crippen molar-refractivity contribution in [2.45, 2.75) is 46.3 Å². The Morgan fingerprint density at radius 1 is 1.12 bits per heavy atom. The van der Waals surface area contributed by atoms with E-state index in [2.05, 4.69) is 54.5 Å². The highest BCUT2D eigenvalue weighted by Crippen LogP contribution is 2.49. The van der Waals surface area contributed by atoms with Crippen LogP contribution in [0.25, 0.3) is 16.5 Å². The maximum absolute atomic E-state index is 12.3. The van der Waals surface area contributed by atoms with E-state index in [1.807, 2.05) is 29.8 Å². The second kappa shape index (κ2) is 7.97. The monoisotopic (exact) mass is 453 g/mol. The first kappa shape index (κ1) is 20.9. The molecule has 0 N–H and O–H groups in total. The van der Waals surface area contributed by atoms with Crippen LogP contribution in [0.1, 0.15) is 47.4 Å². The average molecular weight is 454 g/mol. The van der Waals surface area contributed by atoms with Crippen molar-refractivity contribution in [3.05, 3.63) is 82.7 Å². The largest absolute Gasteiger partial charge is 0.487 e. The van der Waals surface area contributed by atoms with Gasteiger partial charge in [0.1, 0.15) is 24.2 Å². The molecule has 6 heteroatoms. The number of hydrogen-bond donors (Lipinski definition) is 0. The zero-order valence-electron chi connectivity index (χ0n) is 19.6. The Morgan fingerprint density at radius 2 is 1.94 bits per heavy atom. The Balaban J connectivity index is 1.30. The summed E-state index contributed by atoms with van der Waals surface area (Å²) in [6, 6.07) is 16.6. The van der Waals surface area contributed by atoms with Gasteiger partial charge in [-0.2, -0.15) is 0 Å². The number of aromatic nitrogens is 3. The molecule has 6 rings (SSSR count). The summed E-state index contributed by atoms with van der Waals surface area (Å²) in [5.74, 6) is 0.923. The Hall–Kier alpha value is -3.67. The van der Waals surface area contributed by atoms with E-state index in [-0.39, 0.29) is 23.9 Å². The second-order valence-electron chi connectivity index (χ2n) is 9.51. The molecular formula is C28H27N3O3. The van der Waals surface area contributed by atoms with Gasteiger partial charge in [0.05, 0.1) is 17.8 Å². The van der Waals surface area contributed by atoms with Gasteiger partial charge >= 0.3 is 5.97 Å². The topological polar surface area (TPSA) is 66.2 Å². The normalized spacial score (nSPS) is 21.3. The third-order valence-corrected chi connectivity index (χ3v) is 7.55. The molecular weight excluding hydrogens is 426 g/mol. The van der Waals surface area contributed by atoms with E-state index >= 15 is 0 Å². The van der Waals surface area contributed by atoms with Gasteiger partial charge in [-0.15, -0.1) is 5.10 Å². The van der Waals surface area contributed by atoms with E-state index in [1.165, 1.54) is 16.5 Å². The highest BCUT2D eigenvalue weighted by Gasteiger charge is 2.46. The van der Waals surface area contributed by atoms with Crippen LogP contribution in [-0.4, -0.2) is 21.0 Å². The average Bonchev–Trinajstić information content (AvgIpc) is 3.44. The molecule has 1 saturated heterocycles. The van der Waals surface area contributed by atoms with Crippen molar-refractivity contribution >= 4 is 16.7 Å². The standard InChI is InChI=1S/C28H27N3O3/c1-16-12-25(18(3)26-23(16)10-11-24-17(2)28(32)34-27(24)26)33-15-22-14-29-30-31(22)21-9-8-19-6-4-5-7-20(19)13-21/h4-9,12-14,17,24,27H,10-11,15H2,1-3H3/t17-,24-,27+/m0/s1. The third kappa shape index (κ3) is 3.28. The lowest BCUT2D eigenvalue weighted by molar-refractivity contribution is -0.144. The Kier molecular flexibility index (Phi) is 4.90. The number of nitrogens with zero attached hydrogens (tertiary/aromatic N) is 3. The van der Waals surface area contributed by atoms with Crippen molar-refractivity contribution in [3.63, 3.8) is 0 Å². The number of rotatable bonds is 4. The molecule has 0 bridgehead atoms. The maximum Gasteiger partial charge on any atom is 0.309 e. The number of carbonyl (C=O) groups excluding carboxylic acids is 1. The summed E-state index contributed by atoms with van der Waals surface area (Å²) >= 11 is 0. The van der Waals surface area contributed by atoms with Gasteiger partial charge in [-0.05, 0) is 72.4 Å². The van der Waals surface area contributed by atoms with Crippen LogP contribution >= 0.6 is 0 Å². The number of hydrogen-bond acceptors (Lipinski definition) is 5. The van der Waals surface area contributed by atoms with Crippen molar-refractivity contribution < 1.29 is 14.3 Å². The Labute approximate surface area is 198 Å². The minimum absolute atomic E-state index is 0.0511. The molecule has 0 radical (unpaired) electrons. The van der Waals surface area contributed by atoms with E-state index < -0.39 is 0 Å². The van der Waals surface area contributed by atoms with E-state index in [4.69, 9.17) is 9.47 Å². The Morgan fingerprint density at radius 3 is 2.79 bits per heavy atom. The first-order valence-electron chi connectivity index (χ1n) is 11.9. The molecule has 3 aromatic carbocycles. The van der Waals surface area contributed by atoms with Gasteiger partial charge in [-0.1, -0.05) is 42.5 Å². The predicted octanol–water partition coefficient (Wildman–Crippen LogP) is 5.41. The molecule has 0 unspecified atom stereocenters. The Bertz CT molecular complexity index is 1420. The molecule has 1 fully saturated rings. The fraction of sp³-hybridized carbons (Fsp3) is 0.321. The molecule has 1 aromatic heterocycles. The van der Waals surface area contributed by atoms with E-state index in [0.29, 0.717) is 6.61 Å². The van der Waals surface area contributed by atoms with Gasteiger partial charge in [0, 0.05) is 11.5 Å². The zero-order chi connectivity index (χ0) is 23.4. The minimum atomic E-state index is -0.168. The van der Waals surface area contributed by atoms with Crippen LogP contribution in [-0.2, 0) is 22.6 Å². The van der Waals surface area contributed by atoms with Gasteiger partial charge in [-0.25, -0.2) is 4.68 Å². The van der Waals surface area contributed by atoms with Crippen LogP contribution < -0.4 is 4.74 Å². The van der Waals surface area contributed by atoms with Gasteiger partial charge in [0.15, 0.2) is 0 Å². The molecule has 0 saturated carbocycles. The quantitative estimate of drug-likeness (QED) is 0.387. The molecule has 4 aromatic rings. The molecule has 172 valence electrons. The van der Waals surface area contributed by atoms with Crippen molar-refractivity contribution in [1.29, 1.82) is 0 Å². The summed E-state index contributed by atoms with van der Waals surface area (Å²) in [5.41, 5.74) is 6.50. The lowest BCUT2D eigenvalue weighted by atomic mass is 9.74. The summed E-state index contributed by atoms with van der Waals surface area (Å²) in [6.45, 7) is 6.52. The molecule has 3 atom stereocenters. The maximum atomic E-state index is 12.3. The lowest BCUT2D eigenvalue weighted by Gasteiger charge is -2.31. The van der Waals surface area contributed by atoms with Crippen molar-refractivity contribution in [2.75, 3.05) is 0 Å². The minimum Gasteiger partial charge on any atom is -0.487 e. The van der Waals surface area contributed by atoms with E-state index in [1.54, 1.807) is 6.20 Å². The molecule has 0 spiro atoms. The molecule has 34 heavy (non-hydrogen) atoms. The van der Waals surface area contributed by atoms with E-state index in [0.717, 1.165) is 46.5 Å². The van der Waals surface area contributed by atoms with Crippen LogP contribution in [0, 0.1) is 25.7 Å². The van der Waals surface area contributed by atoms with Crippen molar-refractivity contribution in [1.82, 2.24) is 15.0 Å².